The average molecular weight is 275 g/mol. The van der Waals surface area contributed by atoms with E-state index in [1.165, 1.54) is 0 Å². The monoisotopic (exact) mass is 275 g/mol. The molecule has 7 heteroatoms. The second-order valence-electron chi connectivity index (χ2n) is 3.55. The number of aromatic nitrogens is 2. The first-order valence-corrected chi connectivity index (χ1v) is 6.34. The first-order valence-electron chi connectivity index (χ1n) is 5.46. The molecule has 0 aliphatic carbocycles. The van der Waals surface area contributed by atoms with Crippen molar-refractivity contribution in [3.05, 3.63) is 46.9 Å². The summed E-state index contributed by atoms with van der Waals surface area (Å²) in [6.45, 7) is 0.132. The highest BCUT2D eigenvalue weighted by molar-refractivity contribution is 7.11. The Labute approximate surface area is 112 Å². The summed E-state index contributed by atoms with van der Waals surface area (Å²) in [5.74, 6) is 0.828. The van der Waals surface area contributed by atoms with Gasteiger partial charge in [-0.2, -0.15) is 4.98 Å². The maximum atomic E-state index is 5.08. The molecule has 0 amide bonds. The van der Waals surface area contributed by atoms with Gasteiger partial charge in [0.05, 0.1) is 18.0 Å². The van der Waals surface area contributed by atoms with Gasteiger partial charge in [-0.25, -0.2) is 0 Å². The molecule has 0 aromatic carbocycles. The van der Waals surface area contributed by atoms with Gasteiger partial charge in [-0.3, -0.25) is 0 Å². The van der Waals surface area contributed by atoms with Crippen molar-refractivity contribution in [3.63, 3.8) is 0 Å². The number of thiophene rings is 1. The quantitative estimate of drug-likeness (QED) is 0.528. The van der Waals surface area contributed by atoms with Crippen molar-refractivity contribution in [3.8, 4) is 11.4 Å². The molecule has 3 aromatic heterocycles. The highest BCUT2D eigenvalue weighted by Gasteiger charge is 2.09. The Morgan fingerprint density at radius 3 is 3.21 bits per heavy atom. The zero-order chi connectivity index (χ0) is 12.9. The number of oxime groups is 1. The summed E-state index contributed by atoms with van der Waals surface area (Å²) in [6.07, 6.45) is 4.73. The van der Waals surface area contributed by atoms with E-state index in [4.69, 9.17) is 13.8 Å². The summed E-state index contributed by atoms with van der Waals surface area (Å²) in [5, 5.41) is 9.60. The lowest BCUT2D eigenvalue weighted by atomic mass is 10.3. The van der Waals surface area contributed by atoms with Crippen LogP contribution in [0.25, 0.3) is 11.4 Å². The maximum Gasteiger partial charge on any atom is 0.267 e. The van der Waals surface area contributed by atoms with Crippen LogP contribution in [0, 0.1) is 0 Å². The van der Waals surface area contributed by atoms with Crippen molar-refractivity contribution < 1.29 is 13.8 Å². The molecule has 0 aliphatic heterocycles. The Bertz CT molecular complexity index is 644. The maximum absolute atomic E-state index is 5.08. The van der Waals surface area contributed by atoms with Crippen molar-refractivity contribution in [2.75, 3.05) is 0 Å². The van der Waals surface area contributed by atoms with Crippen molar-refractivity contribution in [2.45, 2.75) is 6.61 Å². The minimum absolute atomic E-state index is 0.132. The van der Waals surface area contributed by atoms with E-state index in [-0.39, 0.29) is 6.61 Å². The summed E-state index contributed by atoms with van der Waals surface area (Å²) in [4.78, 5) is 10.3. The Morgan fingerprint density at radius 1 is 1.42 bits per heavy atom. The van der Waals surface area contributed by atoms with Gasteiger partial charge in [0.25, 0.3) is 5.89 Å². The third-order valence-corrected chi connectivity index (χ3v) is 3.04. The van der Waals surface area contributed by atoms with E-state index in [0.29, 0.717) is 11.7 Å². The van der Waals surface area contributed by atoms with Crippen LogP contribution in [-0.2, 0) is 11.4 Å². The van der Waals surface area contributed by atoms with Crippen LogP contribution in [-0.4, -0.2) is 16.4 Å². The molecule has 96 valence electrons. The number of hydrogen-bond acceptors (Lipinski definition) is 7. The van der Waals surface area contributed by atoms with Gasteiger partial charge in [-0.1, -0.05) is 16.4 Å². The summed E-state index contributed by atoms with van der Waals surface area (Å²) < 4.78 is 9.97. The van der Waals surface area contributed by atoms with E-state index in [9.17, 15) is 0 Å². The van der Waals surface area contributed by atoms with Gasteiger partial charge in [-0.15, -0.1) is 11.3 Å². The van der Waals surface area contributed by atoms with Gasteiger partial charge in [0.2, 0.25) is 5.82 Å². The second-order valence-corrected chi connectivity index (χ2v) is 4.53. The molecule has 0 radical (unpaired) electrons. The fraction of sp³-hybridized carbons (Fsp3) is 0.0833. The number of furan rings is 1. The van der Waals surface area contributed by atoms with E-state index in [0.717, 1.165) is 10.4 Å². The van der Waals surface area contributed by atoms with Gasteiger partial charge >= 0.3 is 0 Å². The van der Waals surface area contributed by atoms with Crippen LogP contribution in [0.4, 0.5) is 0 Å². The zero-order valence-electron chi connectivity index (χ0n) is 9.72. The first kappa shape index (κ1) is 11.7. The summed E-state index contributed by atoms with van der Waals surface area (Å²) in [6, 6.07) is 5.65. The number of nitrogens with zero attached hydrogens (tertiary/aromatic N) is 3. The molecule has 0 saturated carbocycles. The Hall–Kier alpha value is -2.41. The van der Waals surface area contributed by atoms with E-state index in [1.54, 1.807) is 36.1 Å². The van der Waals surface area contributed by atoms with Crippen molar-refractivity contribution >= 4 is 17.6 Å². The molecular weight excluding hydrogens is 266 g/mol. The minimum Gasteiger partial charge on any atom is -0.472 e. The molecule has 0 spiro atoms. The largest absolute Gasteiger partial charge is 0.472 e. The molecule has 0 fully saturated rings. The third kappa shape index (κ3) is 2.89. The third-order valence-electron chi connectivity index (χ3n) is 2.23. The van der Waals surface area contributed by atoms with Crippen LogP contribution in [0.2, 0.25) is 0 Å². The van der Waals surface area contributed by atoms with Crippen LogP contribution in [0.3, 0.4) is 0 Å². The average Bonchev–Trinajstić information content (AvgIpc) is 3.15. The second kappa shape index (κ2) is 5.49. The Kier molecular flexibility index (Phi) is 3.37. The minimum atomic E-state index is 0.132. The van der Waals surface area contributed by atoms with Crippen LogP contribution < -0.4 is 0 Å². The molecule has 0 N–H and O–H groups in total. The summed E-state index contributed by atoms with van der Waals surface area (Å²) in [7, 11) is 0. The lowest BCUT2D eigenvalue weighted by molar-refractivity contribution is 0.107. The molecule has 0 bridgehead atoms. The molecular formula is C12H9N3O3S. The normalized spacial score (nSPS) is 11.2. The van der Waals surface area contributed by atoms with E-state index in [2.05, 4.69) is 15.3 Å². The van der Waals surface area contributed by atoms with Crippen LogP contribution in [0.1, 0.15) is 10.8 Å². The van der Waals surface area contributed by atoms with Crippen LogP contribution in [0.15, 0.2) is 50.2 Å². The van der Waals surface area contributed by atoms with Crippen molar-refractivity contribution in [1.29, 1.82) is 0 Å². The molecule has 0 saturated heterocycles. The van der Waals surface area contributed by atoms with Crippen molar-refractivity contribution in [2.24, 2.45) is 5.16 Å². The van der Waals surface area contributed by atoms with E-state index < -0.39 is 0 Å². The molecule has 0 unspecified atom stereocenters. The summed E-state index contributed by atoms with van der Waals surface area (Å²) >= 11 is 1.58. The molecule has 0 atom stereocenters. The first-order chi connectivity index (χ1) is 9.42. The van der Waals surface area contributed by atoms with Gasteiger partial charge in [0, 0.05) is 4.88 Å². The highest BCUT2D eigenvalue weighted by atomic mass is 32.1. The number of rotatable bonds is 5. The Balaban J connectivity index is 1.56. The van der Waals surface area contributed by atoms with Gasteiger partial charge in [0.1, 0.15) is 6.26 Å². The van der Waals surface area contributed by atoms with Crippen molar-refractivity contribution in [1.82, 2.24) is 10.1 Å². The number of hydrogen-bond donors (Lipinski definition) is 0. The molecule has 6 nitrogen and oxygen atoms in total. The standard InChI is InChI=1S/C12H9N3O3S/c1-2-10(19-5-1)6-13-17-8-11-14-12(15-18-11)9-3-4-16-7-9/h1-7H,8H2. The molecule has 19 heavy (non-hydrogen) atoms. The zero-order valence-corrected chi connectivity index (χ0v) is 10.5. The topological polar surface area (TPSA) is 73.7 Å². The van der Waals surface area contributed by atoms with Crippen LogP contribution >= 0.6 is 11.3 Å². The Morgan fingerprint density at radius 2 is 2.42 bits per heavy atom. The van der Waals surface area contributed by atoms with Gasteiger partial charge < -0.3 is 13.8 Å². The predicted molar refractivity (Wildman–Crippen MR) is 68.7 cm³/mol. The summed E-state index contributed by atoms with van der Waals surface area (Å²) in [5.41, 5.74) is 0.761. The lowest BCUT2D eigenvalue weighted by Gasteiger charge is -1.91. The SMILES string of the molecule is C(=NOCc1nc(-c2ccoc2)no1)c1cccs1. The van der Waals surface area contributed by atoms with E-state index in [1.807, 2.05) is 17.5 Å². The fourth-order valence-electron chi connectivity index (χ4n) is 1.37. The molecule has 0 aliphatic rings. The van der Waals surface area contributed by atoms with Gasteiger partial charge in [0.15, 0.2) is 6.61 Å². The molecule has 3 rings (SSSR count). The fourth-order valence-corrected chi connectivity index (χ4v) is 1.94. The lowest BCUT2D eigenvalue weighted by Crippen LogP contribution is -1.87. The predicted octanol–water partition coefficient (Wildman–Crippen LogP) is 2.94. The highest BCUT2D eigenvalue weighted by Crippen LogP contribution is 2.15. The molecule has 3 aromatic rings. The smallest absolute Gasteiger partial charge is 0.267 e. The molecule has 3 heterocycles. The van der Waals surface area contributed by atoms with Gasteiger partial charge in [-0.05, 0) is 17.5 Å². The van der Waals surface area contributed by atoms with E-state index >= 15 is 0 Å². The van der Waals surface area contributed by atoms with Crippen LogP contribution in [0.5, 0.6) is 0 Å².